The van der Waals surface area contributed by atoms with Gasteiger partial charge in [0.2, 0.25) is 0 Å². The molecule has 2 aromatic heterocycles. The first-order valence-corrected chi connectivity index (χ1v) is 8.36. The number of carbonyl (C=O) groups is 2. The Hall–Kier alpha value is -2.37. The van der Waals surface area contributed by atoms with E-state index in [1.165, 1.54) is 0 Å². The molecule has 1 atom stereocenters. The number of aromatic nitrogens is 3. The molecule has 1 aliphatic rings. The molecule has 0 saturated carbocycles. The molecule has 2 heterocycles. The van der Waals surface area contributed by atoms with Gasteiger partial charge in [0.25, 0.3) is 5.91 Å². The minimum Gasteiger partial charge on any atom is -0.354 e. The van der Waals surface area contributed by atoms with Crippen LogP contribution in [0.2, 0.25) is 0 Å². The number of H-pyrrole nitrogens is 1. The van der Waals surface area contributed by atoms with Crippen molar-refractivity contribution < 1.29 is 9.59 Å². The summed E-state index contributed by atoms with van der Waals surface area (Å²) in [5, 5.41) is 7.44. The predicted octanol–water partition coefficient (Wildman–Crippen LogP) is 2.68. The van der Waals surface area contributed by atoms with Crippen LogP contribution in [0, 0.1) is 20.8 Å². The lowest BCUT2D eigenvalue weighted by Crippen LogP contribution is -2.28. The Morgan fingerprint density at radius 3 is 2.58 bits per heavy atom. The maximum atomic E-state index is 12.7. The van der Waals surface area contributed by atoms with Crippen molar-refractivity contribution in [1.29, 1.82) is 0 Å². The van der Waals surface area contributed by atoms with Gasteiger partial charge in [-0.05, 0) is 46.1 Å². The summed E-state index contributed by atoms with van der Waals surface area (Å²) in [5.41, 5.74) is 5.87. The fraction of sp³-hybridized carbons (Fsp3) is 0.500. The SMILES string of the molecule is Cc1nn(C)c(C)c1C(C)NC(=O)c1[nH]c2c(c1C)C(=O)CCC2. The van der Waals surface area contributed by atoms with Gasteiger partial charge in [0.15, 0.2) is 5.78 Å². The Labute approximate surface area is 141 Å². The second-order valence-electron chi connectivity index (χ2n) is 6.66. The van der Waals surface area contributed by atoms with Crippen molar-refractivity contribution in [2.45, 2.75) is 53.0 Å². The van der Waals surface area contributed by atoms with Gasteiger partial charge >= 0.3 is 0 Å². The van der Waals surface area contributed by atoms with Crippen LogP contribution in [0.3, 0.4) is 0 Å². The molecule has 0 saturated heterocycles. The molecule has 0 bridgehead atoms. The molecule has 6 heteroatoms. The lowest BCUT2D eigenvalue weighted by Gasteiger charge is -2.15. The quantitative estimate of drug-likeness (QED) is 0.909. The van der Waals surface area contributed by atoms with E-state index in [-0.39, 0.29) is 17.7 Å². The Kier molecular flexibility index (Phi) is 4.07. The van der Waals surface area contributed by atoms with Gasteiger partial charge in [-0.2, -0.15) is 5.10 Å². The van der Waals surface area contributed by atoms with Crippen molar-refractivity contribution in [2.75, 3.05) is 0 Å². The van der Waals surface area contributed by atoms with Gasteiger partial charge < -0.3 is 10.3 Å². The molecule has 1 aliphatic carbocycles. The standard InChI is InChI=1S/C18H24N4O2/c1-9-15-13(7-6-8-14(15)23)20-17(9)18(24)19-10(2)16-11(3)21-22(5)12(16)4/h10,20H,6-8H2,1-5H3,(H,19,24). The molecular weight excluding hydrogens is 304 g/mol. The van der Waals surface area contributed by atoms with E-state index in [1.807, 2.05) is 39.4 Å². The number of ketones is 1. The zero-order valence-corrected chi connectivity index (χ0v) is 14.9. The van der Waals surface area contributed by atoms with E-state index in [2.05, 4.69) is 15.4 Å². The van der Waals surface area contributed by atoms with Gasteiger partial charge in [-0.3, -0.25) is 14.3 Å². The molecule has 2 N–H and O–H groups in total. The van der Waals surface area contributed by atoms with Crippen LogP contribution in [0.15, 0.2) is 0 Å². The topological polar surface area (TPSA) is 79.8 Å². The van der Waals surface area contributed by atoms with E-state index in [0.717, 1.165) is 41.1 Å². The van der Waals surface area contributed by atoms with Crippen LogP contribution in [0.25, 0.3) is 0 Å². The lowest BCUT2D eigenvalue weighted by molar-refractivity contribution is 0.0934. The van der Waals surface area contributed by atoms with Crippen LogP contribution in [0.5, 0.6) is 0 Å². The highest BCUT2D eigenvalue weighted by Gasteiger charge is 2.27. The molecule has 24 heavy (non-hydrogen) atoms. The lowest BCUT2D eigenvalue weighted by atomic mass is 9.94. The summed E-state index contributed by atoms with van der Waals surface area (Å²) in [4.78, 5) is 28.0. The van der Waals surface area contributed by atoms with Crippen LogP contribution >= 0.6 is 0 Å². The smallest absolute Gasteiger partial charge is 0.268 e. The van der Waals surface area contributed by atoms with Crippen molar-refractivity contribution in [1.82, 2.24) is 20.1 Å². The van der Waals surface area contributed by atoms with Gasteiger partial charge in [-0.25, -0.2) is 0 Å². The van der Waals surface area contributed by atoms with E-state index in [1.54, 1.807) is 0 Å². The molecule has 0 radical (unpaired) electrons. The van der Waals surface area contributed by atoms with E-state index in [0.29, 0.717) is 17.7 Å². The largest absolute Gasteiger partial charge is 0.354 e. The molecule has 1 unspecified atom stereocenters. The minimum atomic E-state index is -0.176. The monoisotopic (exact) mass is 328 g/mol. The number of aromatic amines is 1. The minimum absolute atomic E-state index is 0.135. The number of aryl methyl sites for hydroxylation is 3. The van der Waals surface area contributed by atoms with Crippen LogP contribution in [-0.4, -0.2) is 26.5 Å². The predicted molar refractivity (Wildman–Crippen MR) is 91.4 cm³/mol. The van der Waals surface area contributed by atoms with Crippen molar-refractivity contribution in [3.8, 4) is 0 Å². The number of fused-ring (bicyclic) bond motifs is 1. The van der Waals surface area contributed by atoms with Crippen molar-refractivity contribution in [3.05, 3.63) is 39.5 Å². The Bertz CT molecular complexity index is 829. The van der Waals surface area contributed by atoms with Gasteiger partial charge in [-0.1, -0.05) is 0 Å². The van der Waals surface area contributed by atoms with Crippen molar-refractivity contribution in [3.63, 3.8) is 0 Å². The summed E-state index contributed by atoms with van der Waals surface area (Å²) in [5.74, 6) is -0.0408. The van der Waals surface area contributed by atoms with Crippen LogP contribution in [0.1, 0.15) is 74.9 Å². The van der Waals surface area contributed by atoms with Gasteiger partial charge in [0.05, 0.1) is 11.7 Å². The zero-order valence-electron chi connectivity index (χ0n) is 14.9. The zero-order chi connectivity index (χ0) is 17.6. The summed E-state index contributed by atoms with van der Waals surface area (Å²) in [6.07, 6.45) is 2.24. The molecule has 6 nitrogen and oxygen atoms in total. The average molecular weight is 328 g/mol. The Balaban J connectivity index is 1.87. The molecular formula is C18H24N4O2. The summed E-state index contributed by atoms with van der Waals surface area (Å²) in [6.45, 7) is 7.74. The first kappa shape index (κ1) is 16.5. The van der Waals surface area contributed by atoms with Crippen molar-refractivity contribution >= 4 is 11.7 Å². The molecule has 0 fully saturated rings. The number of rotatable bonds is 3. The number of amides is 1. The third kappa shape index (κ3) is 2.56. The van der Waals surface area contributed by atoms with Crippen molar-refractivity contribution in [2.24, 2.45) is 7.05 Å². The first-order valence-electron chi connectivity index (χ1n) is 8.36. The number of hydrogen-bond acceptors (Lipinski definition) is 3. The fourth-order valence-electron chi connectivity index (χ4n) is 3.76. The third-order valence-electron chi connectivity index (χ3n) is 5.01. The first-order chi connectivity index (χ1) is 11.3. The Morgan fingerprint density at radius 1 is 1.29 bits per heavy atom. The van der Waals surface area contributed by atoms with Gasteiger partial charge in [0, 0.05) is 36.0 Å². The van der Waals surface area contributed by atoms with E-state index < -0.39 is 0 Å². The molecule has 1 amide bonds. The molecule has 0 aliphatic heterocycles. The van der Waals surface area contributed by atoms with E-state index in [9.17, 15) is 9.59 Å². The molecule has 128 valence electrons. The van der Waals surface area contributed by atoms with Gasteiger partial charge in [-0.15, -0.1) is 0 Å². The van der Waals surface area contributed by atoms with Crippen LogP contribution in [0.4, 0.5) is 0 Å². The average Bonchev–Trinajstić information content (AvgIpc) is 2.97. The summed E-state index contributed by atoms with van der Waals surface area (Å²) < 4.78 is 1.82. The number of hydrogen-bond donors (Lipinski definition) is 2. The molecule has 3 rings (SSSR count). The number of nitrogens with one attached hydrogen (secondary N) is 2. The molecule has 0 aromatic carbocycles. The van der Waals surface area contributed by atoms with E-state index in [4.69, 9.17) is 0 Å². The number of Topliss-reactive ketones (excluding diaryl/α,β-unsaturated/α-hetero) is 1. The maximum Gasteiger partial charge on any atom is 0.268 e. The van der Waals surface area contributed by atoms with Crippen LogP contribution in [-0.2, 0) is 13.5 Å². The third-order valence-corrected chi connectivity index (χ3v) is 5.01. The highest BCUT2D eigenvalue weighted by molar-refractivity contribution is 6.04. The van der Waals surface area contributed by atoms with Gasteiger partial charge in [0.1, 0.15) is 5.69 Å². The highest BCUT2D eigenvalue weighted by atomic mass is 16.2. The van der Waals surface area contributed by atoms with Crippen LogP contribution < -0.4 is 5.32 Å². The maximum absolute atomic E-state index is 12.7. The second-order valence-corrected chi connectivity index (χ2v) is 6.66. The summed E-state index contributed by atoms with van der Waals surface area (Å²) >= 11 is 0. The van der Waals surface area contributed by atoms with E-state index >= 15 is 0 Å². The number of nitrogens with zero attached hydrogens (tertiary/aromatic N) is 2. The molecule has 2 aromatic rings. The second kappa shape index (κ2) is 5.92. The Morgan fingerprint density at radius 2 is 2.00 bits per heavy atom. The summed E-state index contributed by atoms with van der Waals surface area (Å²) in [7, 11) is 1.90. The highest BCUT2D eigenvalue weighted by Crippen LogP contribution is 2.27. The fourth-order valence-corrected chi connectivity index (χ4v) is 3.76. The number of carbonyl (C=O) groups excluding carboxylic acids is 2. The molecule has 0 spiro atoms. The summed E-state index contributed by atoms with van der Waals surface area (Å²) in [6, 6.07) is -0.151. The normalized spacial score (nSPS) is 15.3.